The first-order chi connectivity index (χ1) is 9.99. The lowest BCUT2D eigenvalue weighted by Gasteiger charge is -2.38. The van der Waals surface area contributed by atoms with Crippen LogP contribution in [0.2, 0.25) is 0 Å². The van der Waals surface area contributed by atoms with Crippen molar-refractivity contribution in [1.29, 1.82) is 0 Å². The van der Waals surface area contributed by atoms with Gasteiger partial charge in [-0.1, -0.05) is 45.9 Å². The molecule has 0 radical (unpaired) electrons. The molecule has 0 aliphatic carbocycles. The first-order valence-electron chi connectivity index (χ1n) is 8.08. The fourth-order valence-electron chi connectivity index (χ4n) is 3.11. The zero-order valence-corrected chi connectivity index (χ0v) is 14.0. The summed E-state index contributed by atoms with van der Waals surface area (Å²) >= 11 is 0. The number of likely N-dealkylation sites (N-methyl/N-ethyl adjacent to an activating group) is 1. The summed E-state index contributed by atoms with van der Waals surface area (Å²) in [4.78, 5) is 0. The van der Waals surface area contributed by atoms with Crippen LogP contribution in [0.1, 0.15) is 51.8 Å². The van der Waals surface area contributed by atoms with Crippen LogP contribution in [-0.4, -0.2) is 25.9 Å². The molecule has 21 heavy (non-hydrogen) atoms. The fraction of sp³-hybridized carbons (Fsp3) is 0.667. The third kappa shape index (κ3) is 3.58. The molecule has 2 atom stereocenters. The van der Waals surface area contributed by atoms with E-state index in [1.54, 1.807) is 0 Å². The SMILES string of the molecule is CCNC(c1cccc2c1OCC2)C(OCC)C(C)(C)C. The Morgan fingerprint density at radius 1 is 1.29 bits per heavy atom. The molecular weight excluding hydrogens is 262 g/mol. The highest BCUT2D eigenvalue weighted by atomic mass is 16.5. The van der Waals surface area contributed by atoms with Gasteiger partial charge < -0.3 is 14.8 Å². The minimum Gasteiger partial charge on any atom is -0.493 e. The lowest BCUT2D eigenvalue weighted by Crippen LogP contribution is -2.42. The van der Waals surface area contributed by atoms with Crippen LogP contribution in [-0.2, 0) is 11.2 Å². The van der Waals surface area contributed by atoms with Crippen molar-refractivity contribution in [1.82, 2.24) is 5.32 Å². The van der Waals surface area contributed by atoms with Crippen LogP contribution in [0.3, 0.4) is 0 Å². The second-order valence-corrected chi connectivity index (χ2v) is 6.71. The molecular formula is C18H29NO2. The standard InChI is InChI=1S/C18H29NO2/c1-6-19-15(17(20-7-2)18(3,4)5)14-10-8-9-13-11-12-21-16(13)14/h8-10,15,17,19H,6-7,11-12H2,1-5H3. The number of nitrogens with one attached hydrogen (secondary N) is 1. The summed E-state index contributed by atoms with van der Waals surface area (Å²) in [5.41, 5.74) is 2.62. The highest BCUT2D eigenvalue weighted by molar-refractivity contribution is 5.46. The van der Waals surface area contributed by atoms with E-state index in [9.17, 15) is 0 Å². The Morgan fingerprint density at radius 3 is 2.67 bits per heavy atom. The summed E-state index contributed by atoms with van der Waals surface area (Å²) in [5, 5.41) is 3.62. The highest BCUT2D eigenvalue weighted by Gasteiger charge is 2.36. The average molecular weight is 291 g/mol. The van der Waals surface area contributed by atoms with Crippen LogP contribution < -0.4 is 10.1 Å². The zero-order chi connectivity index (χ0) is 15.5. The van der Waals surface area contributed by atoms with E-state index < -0.39 is 0 Å². The summed E-state index contributed by atoms with van der Waals surface area (Å²) in [6.07, 6.45) is 1.12. The van der Waals surface area contributed by atoms with Crippen molar-refractivity contribution in [2.45, 2.75) is 53.2 Å². The van der Waals surface area contributed by atoms with Gasteiger partial charge in [-0.2, -0.15) is 0 Å². The molecule has 1 aliphatic rings. The molecule has 1 aliphatic heterocycles. The Labute approximate surface area is 129 Å². The number of hydrogen-bond donors (Lipinski definition) is 1. The number of hydrogen-bond acceptors (Lipinski definition) is 3. The largest absolute Gasteiger partial charge is 0.493 e. The molecule has 3 heteroatoms. The van der Waals surface area contributed by atoms with Gasteiger partial charge in [0.15, 0.2) is 0 Å². The Kier molecular flexibility index (Phi) is 5.28. The van der Waals surface area contributed by atoms with Crippen molar-refractivity contribution < 1.29 is 9.47 Å². The van der Waals surface area contributed by atoms with E-state index >= 15 is 0 Å². The van der Waals surface area contributed by atoms with Crippen molar-refractivity contribution in [3.05, 3.63) is 29.3 Å². The molecule has 0 aromatic heterocycles. The third-order valence-electron chi connectivity index (χ3n) is 4.01. The van der Waals surface area contributed by atoms with Crippen LogP contribution in [0.5, 0.6) is 5.75 Å². The molecule has 1 aromatic carbocycles. The van der Waals surface area contributed by atoms with Crippen molar-refractivity contribution >= 4 is 0 Å². The number of para-hydroxylation sites is 1. The summed E-state index contributed by atoms with van der Waals surface area (Å²) in [6.45, 7) is 13.3. The summed E-state index contributed by atoms with van der Waals surface area (Å²) in [5.74, 6) is 1.07. The predicted molar refractivity (Wildman–Crippen MR) is 86.9 cm³/mol. The molecule has 0 saturated heterocycles. The van der Waals surface area contributed by atoms with Crippen molar-refractivity contribution in [3.8, 4) is 5.75 Å². The lowest BCUT2D eigenvalue weighted by molar-refractivity contribution is -0.0366. The Hall–Kier alpha value is -1.06. The normalized spacial score (nSPS) is 17.2. The smallest absolute Gasteiger partial charge is 0.127 e. The molecule has 1 aromatic rings. The van der Waals surface area contributed by atoms with E-state index in [-0.39, 0.29) is 17.6 Å². The molecule has 3 nitrogen and oxygen atoms in total. The Balaban J connectivity index is 2.40. The van der Waals surface area contributed by atoms with Gasteiger partial charge in [0.25, 0.3) is 0 Å². The maximum Gasteiger partial charge on any atom is 0.127 e. The summed E-state index contributed by atoms with van der Waals surface area (Å²) < 4.78 is 12.0. The third-order valence-corrected chi connectivity index (χ3v) is 4.01. The Bertz CT molecular complexity index is 465. The quantitative estimate of drug-likeness (QED) is 0.866. The molecule has 0 bridgehead atoms. The molecule has 1 N–H and O–H groups in total. The lowest BCUT2D eigenvalue weighted by atomic mass is 9.81. The van der Waals surface area contributed by atoms with Crippen molar-refractivity contribution in [2.24, 2.45) is 5.41 Å². The van der Waals surface area contributed by atoms with Gasteiger partial charge in [0.05, 0.1) is 18.8 Å². The number of rotatable bonds is 6. The van der Waals surface area contributed by atoms with Gasteiger partial charge in [-0.05, 0) is 24.4 Å². The molecule has 2 rings (SSSR count). The van der Waals surface area contributed by atoms with Gasteiger partial charge in [-0.3, -0.25) is 0 Å². The van der Waals surface area contributed by atoms with Gasteiger partial charge in [0.1, 0.15) is 5.75 Å². The molecule has 0 spiro atoms. The van der Waals surface area contributed by atoms with Crippen LogP contribution >= 0.6 is 0 Å². The molecule has 0 fully saturated rings. The van der Waals surface area contributed by atoms with Crippen LogP contribution in [0, 0.1) is 5.41 Å². The topological polar surface area (TPSA) is 30.5 Å². The van der Waals surface area contributed by atoms with E-state index in [4.69, 9.17) is 9.47 Å². The van der Waals surface area contributed by atoms with Crippen LogP contribution in [0.25, 0.3) is 0 Å². The fourth-order valence-corrected chi connectivity index (χ4v) is 3.11. The van der Waals surface area contributed by atoms with E-state index in [2.05, 4.69) is 58.1 Å². The number of fused-ring (bicyclic) bond motifs is 1. The van der Waals surface area contributed by atoms with Gasteiger partial charge in [0, 0.05) is 18.6 Å². The van der Waals surface area contributed by atoms with Crippen LogP contribution in [0.15, 0.2) is 18.2 Å². The highest BCUT2D eigenvalue weighted by Crippen LogP contribution is 2.39. The molecule has 0 saturated carbocycles. The minimum atomic E-state index is 0.0597. The predicted octanol–water partition coefficient (Wildman–Crippen LogP) is 3.72. The van der Waals surface area contributed by atoms with Gasteiger partial charge in [-0.25, -0.2) is 0 Å². The minimum absolute atomic E-state index is 0.0597. The number of benzene rings is 1. The maximum atomic E-state index is 6.12. The molecule has 1 heterocycles. The van der Waals surface area contributed by atoms with E-state index in [0.29, 0.717) is 0 Å². The summed E-state index contributed by atoms with van der Waals surface area (Å²) in [6, 6.07) is 6.64. The zero-order valence-electron chi connectivity index (χ0n) is 14.0. The van der Waals surface area contributed by atoms with Crippen molar-refractivity contribution in [3.63, 3.8) is 0 Å². The monoisotopic (exact) mass is 291 g/mol. The van der Waals surface area contributed by atoms with Gasteiger partial charge in [-0.15, -0.1) is 0 Å². The molecule has 2 unspecified atom stereocenters. The van der Waals surface area contributed by atoms with E-state index in [0.717, 1.165) is 31.9 Å². The summed E-state index contributed by atoms with van der Waals surface area (Å²) in [7, 11) is 0. The Morgan fingerprint density at radius 2 is 2.05 bits per heavy atom. The average Bonchev–Trinajstić information content (AvgIpc) is 2.90. The van der Waals surface area contributed by atoms with Gasteiger partial charge in [0.2, 0.25) is 0 Å². The molecule has 118 valence electrons. The number of ether oxygens (including phenoxy) is 2. The maximum absolute atomic E-state index is 6.12. The second-order valence-electron chi connectivity index (χ2n) is 6.71. The van der Waals surface area contributed by atoms with Gasteiger partial charge >= 0.3 is 0 Å². The first kappa shape index (κ1) is 16.3. The van der Waals surface area contributed by atoms with Crippen LogP contribution in [0.4, 0.5) is 0 Å². The first-order valence-corrected chi connectivity index (χ1v) is 8.08. The second kappa shape index (κ2) is 6.80. The van der Waals surface area contributed by atoms with E-state index in [1.165, 1.54) is 11.1 Å². The molecule has 0 amide bonds. The van der Waals surface area contributed by atoms with E-state index in [1.807, 2.05) is 0 Å². The van der Waals surface area contributed by atoms with Crippen molar-refractivity contribution in [2.75, 3.05) is 19.8 Å².